The molecule has 0 aromatic heterocycles. The van der Waals surface area contributed by atoms with Crippen molar-refractivity contribution in [1.82, 2.24) is 10.2 Å². The summed E-state index contributed by atoms with van der Waals surface area (Å²) in [5.41, 5.74) is 1.39. The lowest BCUT2D eigenvalue weighted by atomic mass is 10.0. The summed E-state index contributed by atoms with van der Waals surface area (Å²) in [7, 11) is -3.96. The zero-order chi connectivity index (χ0) is 30.3. The number of carbonyl (C=O) groups is 2. The molecule has 220 valence electrons. The summed E-state index contributed by atoms with van der Waals surface area (Å²) in [5, 5.41) is 3.89. The predicted molar refractivity (Wildman–Crippen MR) is 167 cm³/mol. The van der Waals surface area contributed by atoms with Crippen LogP contribution in [0.4, 0.5) is 5.69 Å². The first-order valence-electron chi connectivity index (χ1n) is 12.7. The summed E-state index contributed by atoms with van der Waals surface area (Å²) >= 11 is 25.1. The summed E-state index contributed by atoms with van der Waals surface area (Å²) in [6.07, 6.45) is 1.15. The lowest BCUT2D eigenvalue weighted by molar-refractivity contribution is -0.140. The van der Waals surface area contributed by atoms with Gasteiger partial charge in [-0.25, -0.2) is 8.42 Å². The summed E-state index contributed by atoms with van der Waals surface area (Å²) < 4.78 is 26.7. The fraction of sp³-hybridized carbons (Fsp3) is 0.310. The van der Waals surface area contributed by atoms with Crippen molar-refractivity contribution in [2.45, 2.75) is 32.9 Å². The Balaban J connectivity index is 2.10. The highest BCUT2D eigenvalue weighted by Crippen LogP contribution is 2.30. The second-order valence-electron chi connectivity index (χ2n) is 9.93. The van der Waals surface area contributed by atoms with E-state index in [-0.39, 0.29) is 40.5 Å². The SMILES string of the molecule is CC(C)CNC(=O)[C@H](Cc1ccccc1)N(Cc1c(Cl)cccc1Cl)C(=O)CN(c1ccc(Cl)c(Cl)c1)S(C)(=O)=O. The Hall–Kier alpha value is -2.49. The van der Waals surface area contributed by atoms with Gasteiger partial charge < -0.3 is 10.2 Å². The number of hydrogen-bond donors (Lipinski definition) is 1. The van der Waals surface area contributed by atoms with Gasteiger partial charge in [-0.1, -0.05) is 96.6 Å². The van der Waals surface area contributed by atoms with Crippen molar-refractivity contribution in [3.05, 3.63) is 97.9 Å². The number of nitrogens with one attached hydrogen (secondary N) is 1. The second kappa shape index (κ2) is 14.6. The first kappa shape index (κ1) is 33.0. The Morgan fingerprint density at radius 2 is 1.49 bits per heavy atom. The van der Waals surface area contributed by atoms with Crippen LogP contribution in [0.3, 0.4) is 0 Å². The third-order valence-corrected chi connectivity index (χ3v) is 8.80. The van der Waals surface area contributed by atoms with Gasteiger partial charge in [0.15, 0.2) is 0 Å². The number of anilines is 1. The maximum Gasteiger partial charge on any atom is 0.244 e. The average molecular weight is 659 g/mol. The number of halogens is 4. The summed E-state index contributed by atoms with van der Waals surface area (Å²) in [6, 6.07) is 17.4. The third kappa shape index (κ3) is 9.25. The Morgan fingerprint density at radius 3 is 2.05 bits per heavy atom. The van der Waals surface area contributed by atoms with E-state index in [1.54, 1.807) is 18.2 Å². The Morgan fingerprint density at radius 1 is 0.854 bits per heavy atom. The van der Waals surface area contributed by atoms with Crippen LogP contribution >= 0.6 is 46.4 Å². The van der Waals surface area contributed by atoms with Gasteiger partial charge in [0.25, 0.3) is 0 Å². The predicted octanol–water partition coefficient (Wildman–Crippen LogP) is 6.48. The minimum atomic E-state index is -3.96. The Bertz CT molecular complexity index is 1470. The minimum absolute atomic E-state index is 0.125. The van der Waals surface area contributed by atoms with Crippen molar-refractivity contribution in [2.75, 3.05) is 23.7 Å². The second-order valence-corrected chi connectivity index (χ2v) is 13.5. The molecule has 3 rings (SSSR count). The molecular weight excluding hydrogens is 628 g/mol. The number of sulfonamides is 1. The van der Waals surface area contributed by atoms with E-state index in [4.69, 9.17) is 46.4 Å². The molecule has 12 heteroatoms. The zero-order valence-corrected chi connectivity index (χ0v) is 26.6. The van der Waals surface area contributed by atoms with E-state index < -0.39 is 28.5 Å². The fourth-order valence-electron chi connectivity index (χ4n) is 4.08. The van der Waals surface area contributed by atoms with Crippen molar-refractivity contribution >= 4 is 73.9 Å². The molecule has 0 radical (unpaired) electrons. The van der Waals surface area contributed by atoms with Gasteiger partial charge in [0.05, 0.1) is 22.0 Å². The van der Waals surface area contributed by atoms with Crippen molar-refractivity contribution in [1.29, 1.82) is 0 Å². The average Bonchev–Trinajstić information content (AvgIpc) is 2.90. The number of benzene rings is 3. The van der Waals surface area contributed by atoms with E-state index in [0.717, 1.165) is 16.1 Å². The largest absolute Gasteiger partial charge is 0.354 e. The molecule has 2 amide bonds. The van der Waals surface area contributed by atoms with Crippen LogP contribution in [0.1, 0.15) is 25.0 Å². The molecule has 3 aromatic rings. The number of hydrogen-bond acceptors (Lipinski definition) is 4. The van der Waals surface area contributed by atoms with Crippen molar-refractivity contribution in [2.24, 2.45) is 5.92 Å². The number of nitrogens with zero attached hydrogens (tertiary/aromatic N) is 2. The number of amides is 2. The van der Waals surface area contributed by atoms with Crippen LogP contribution in [0.15, 0.2) is 66.7 Å². The highest BCUT2D eigenvalue weighted by Gasteiger charge is 2.34. The molecule has 7 nitrogen and oxygen atoms in total. The molecular formula is C29H31Cl4N3O4S. The normalized spacial score (nSPS) is 12.2. The molecule has 0 aliphatic carbocycles. The van der Waals surface area contributed by atoms with Gasteiger partial charge in [0.2, 0.25) is 21.8 Å². The molecule has 0 unspecified atom stereocenters. The Kier molecular flexibility index (Phi) is 11.8. The fourth-order valence-corrected chi connectivity index (χ4v) is 5.73. The molecule has 41 heavy (non-hydrogen) atoms. The molecule has 3 aromatic carbocycles. The molecule has 0 saturated heterocycles. The first-order valence-corrected chi connectivity index (χ1v) is 16.1. The monoisotopic (exact) mass is 657 g/mol. The van der Waals surface area contributed by atoms with Gasteiger partial charge >= 0.3 is 0 Å². The van der Waals surface area contributed by atoms with Gasteiger partial charge in [0, 0.05) is 35.1 Å². The van der Waals surface area contributed by atoms with Crippen LogP contribution in [-0.4, -0.2) is 50.5 Å². The number of rotatable bonds is 12. The summed E-state index contributed by atoms with van der Waals surface area (Å²) in [6.45, 7) is 3.56. The van der Waals surface area contributed by atoms with Crippen LogP contribution < -0.4 is 9.62 Å². The van der Waals surface area contributed by atoms with E-state index in [2.05, 4.69) is 5.32 Å². The molecule has 0 aliphatic heterocycles. The van der Waals surface area contributed by atoms with E-state index in [0.29, 0.717) is 22.2 Å². The van der Waals surface area contributed by atoms with Gasteiger partial charge in [-0.3, -0.25) is 13.9 Å². The summed E-state index contributed by atoms with van der Waals surface area (Å²) in [4.78, 5) is 29.1. The van der Waals surface area contributed by atoms with E-state index >= 15 is 0 Å². The van der Waals surface area contributed by atoms with Gasteiger partial charge in [-0.05, 0) is 41.8 Å². The smallest absolute Gasteiger partial charge is 0.244 e. The van der Waals surface area contributed by atoms with Crippen LogP contribution in [0.5, 0.6) is 0 Å². The van der Waals surface area contributed by atoms with Gasteiger partial charge in [-0.2, -0.15) is 0 Å². The lowest BCUT2D eigenvalue weighted by Gasteiger charge is -2.34. The maximum atomic E-state index is 14.1. The maximum absolute atomic E-state index is 14.1. The van der Waals surface area contributed by atoms with Crippen LogP contribution in [0, 0.1) is 5.92 Å². The van der Waals surface area contributed by atoms with Crippen LogP contribution in [-0.2, 0) is 32.6 Å². The van der Waals surface area contributed by atoms with Crippen LogP contribution in [0.2, 0.25) is 20.1 Å². The van der Waals surface area contributed by atoms with Crippen LogP contribution in [0.25, 0.3) is 0 Å². The Labute approximate surface area is 261 Å². The number of carbonyl (C=O) groups excluding carboxylic acids is 2. The quantitative estimate of drug-likeness (QED) is 0.241. The molecule has 0 fully saturated rings. The standard InChI is InChI=1S/C29H31Cl4N3O4S/c1-19(2)16-34-29(38)27(14-20-8-5-4-6-9-20)35(17-22-23(30)10-7-11-24(22)31)28(37)18-36(41(3,39)40)21-12-13-25(32)26(33)15-21/h4-13,15,19,27H,14,16-18H2,1-3H3,(H,34,38)/t27-/m0/s1. The van der Waals surface area contributed by atoms with Crippen molar-refractivity contribution in [3.63, 3.8) is 0 Å². The van der Waals surface area contributed by atoms with Gasteiger partial charge in [-0.15, -0.1) is 0 Å². The van der Waals surface area contributed by atoms with E-state index in [1.165, 1.54) is 23.1 Å². The van der Waals surface area contributed by atoms with E-state index in [1.807, 2.05) is 44.2 Å². The molecule has 0 saturated carbocycles. The zero-order valence-electron chi connectivity index (χ0n) is 22.8. The van der Waals surface area contributed by atoms with Crippen molar-refractivity contribution < 1.29 is 18.0 Å². The molecule has 0 aliphatic rings. The van der Waals surface area contributed by atoms with Crippen molar-refractivity contribution in [3.8, 4) is 0 Å². The highest BCUT2D eigenvalue weighted by atomic mass is 35.5. The first-order chi connectivity index (χ1) is 19.3. The highest BCUT2D eigenvalue weighted by molar-refractivity contribution is 7.92. The third-order valence-electron chi connectivity index (χ3n) is 6.22. The minimum Gasteiger partial charge on any atom is -0.354 e. The summed E-state index contributed by atoms with van der Waals surface area (Å²) in [5.74, 6) is -0.869. The van der Waals surface area contributed by atoms with Gasteiger partial charge in [0.1, 0.15) is 12.6 Å². The molecule has 0 bridgehead atoms. The molecule has 0 spiro atoms. The molecule has 1 N–H and O–H groups in total. The molecule has 0 heterocycles. The molecule has 1 atom stereocenters. The van der Waals surface area contributed by atoms with E-state index in [9.17, 15) is 18.0 Å². The topological polar surface area (TPSA) is 86.8 Å². The lowest BCUT2D eigenvalue weighted by Crippen LogP contribution is -2.53.